The molecule has 0 spiro atoms. The monoisotopic (exact) mass is 400 g/mol. The lowest BCUT2D eigenvalue weighted by molar-refractivity contribution is 0.483. The highest BCUT2D eigenvalue weighted by molar-refractivity contribution is 7.85. The van der Waals surface area contributed by atoms with Gasteiger partial charge in [-0.3, -0.25) is 20.4 Å². The van der Waals surface area contributed by atoms with Gasteiger partial charge in [-0.1, -0.05) is 0 Å². The summed E-state index contributed by atoms with van der Waals surface area (Å²) < 4.78 is 31.3. The van der Waals surface area contributed by atoms with Crippen molar-refractivity contribution in [3.05, 3.63) is 54.9 Å². The lowest BCUT2D eigenvalue weighted by Crippen LogP contribution is -2.16. The van der Waals surface area contributed by atoms with Crippen LogP contribution in [0.5, 0.6) is 0 Å². The Morgan fingerprint density at radius 3 is 2.39 bits per heavy atom. The van der Waals surface area contributed by atoms with Gasteiger partial charge < -0.3 is 5.32 Å². The minimum absolute atomic E-state index is 0.151. The van der Waals surface area contributed by atoms with Gasteiger partial charge in [-0.15, -0.1) is 0 Å². The summed E-state index contributed by atoms with van der Waals surface area (Å²) >= 11 is 0. The van der Waals surface area contributed by atoms with Crippen molar-refractivity contribution in [2.75, 3.05) is 16.2 Å². The first-order valence-electron chi connectivity index (χ1n) is 8.47. The minimum atomic E-state index is -4.22. The number of anilines is 3. The summed E-state index contributed by atoms with van der Waals surface area (Å²) in [5.41, 5.74) is 8.03. The fourth-order valence-corrected chi connectivity index (χ4v) is 2.82. The Labute approximate surface area is 163 Å². The third-order valence-electron chi connectivity index (χ3n) is 3.59. The molecule has 3 rings (SSSR count). The van der Waals surface area contributed by atoms with Crippen molar-refractivity contribution in [2.24, 2.45) is 0 Å². The number of pyridine rings is 1. The van der Waals surface area contributed by atoms with Gasteiger partial charge in [0.2, 0.25) is 5.95 Å². The lowest BCUT2D eigenvalue weighted by Gasteiger charge is -2.14. The van der Waals surface area contributed by atoms with E-state index in [9.17, 15) is 8.42 Å². The molecule has 146 valence electrons. The Morgan fingerprint density at radius 2 is 1.79 bits per heavy atom. The zero-order valence-electron chi connectivity index (χ0n) is 15.3. The maximum absolute atomic E-state index is 11.1. The Kier molecular flexibility index (Phi) is 5.71. The summed E-state index contributed by atoms with van der Waals surface area (Å²) in [6, 6.07) is 11.3. The summed E-state index contributed by atoms with van der Waals surface area (Å²) in [5, 5.41) is 3.17. The summed E-state index contributed by atoms with van der Waals surface area (Å²) in [7, 11) is -4.22. The van der Waals surface area contributed by atoms with Gasteiger partial charge in [-0.05, 0) is 50.2 Å². The van der Waals surface area contributed by atoms with Gasteiger partial charge in [0, 0.05) is 30.1 Å². The first kappa shape index (κ1) is 19.5. The average molecular weight is 400 g/mol. The van der Waals surface area contributed by atoms with Crippen LogP contribution in [0.15, 0.2) is 59.8 Å². The van der Waals surface area contributed by atoms with Crippen molar-refractivity contribution in [2.45, 2.75) is 24.8 Å². The van der Waals surface area contributed by atoms with Crippen LogP contribution in [0.2, 0.25) is 0 Å². The second-order valence-corrected chi connectivity index (χ2v) is 7.67. The zero-order valence-corrected chi connectivity index (χ0v) is 16.1. The number of hydrogen-bond donors (Lipinski definition) is 4. The first-order chi connectivity index (χ1) is 13.3. The van der Waals surface area contributed by atoms with Crippen molar-refractivity contribution in [1.82, 2.24) is 15.0 Å². The maximum Gasteiger partial charge on any atom is 0.294 e. The van der Waals surface area contributed by atoms with Crippen molar-refractivity contribution < 1.29 is 13.0 Å². The molecule has 2 aromatic heterocycles. The highest BCUT2D eigenvalue weighted by Gasteiger charge is 2.10. The van der Waals surface area contributed by atoms with Crippen molar-refractivity contribution in [3.63, 3.8) is 0 Å². The molecule has 0 radical (unpaired) electrons. The minimum Gasteiger partial charge on any atom is -0.352 e. The Morgan fingerprint density at radius 1 is 1.04 bits per heavy atom. The molecule has 0 aliphatic heterocycles. The fourth-order valence-electron chi connectivity index (χ4n) is 2.34. The molecule has 0 aliphatic carbocycles. The van der Waals surface area contributed by atoms with Crippen LogP contribution in [0.1, 0.15) is 13.8 Å². The zero-order chi connectivity index (χ0) is 20.1. The van der Waals surface area contributed by atoms with E-state index >= 15 is 0 Å². The number of nitrogens with zero attached hydrogens (tertiary/aromatic N) is 3. The van der Waals surface area contributed by atoms with Gasteiger partial charge in [0.05, 0.1) is 16.3 Å². The molecule has 4 N–H and O–H groups in total. The molecule has 0 bridgehead atoms. The highest BCUT2D eigenvalue weighted by Crippen LogP contribution is 2.21. The molecule has 10 heteroatoms. The van der Waals surface area contributed by atoms with Gasteiger partial charge in [0.15, 0.2) is 5.82 Å². The molecular weight excluding hydrogens is 380 g/mol. The van der Waals surface area contributed by atoms with Crippen molar-refractivity contribution >= 4 is 27.6 Å². The van der Waals surface area contributed by atoms with Crippen LogP contribution in [0.3, 0.4) is 0 Å². The molecule has 28 heavy (non-hydrogen) atoms. The molecule has 0 unspecified atom stereocenters. The summed E-state index contributed by atoms with van der Waals surface area (Å²) in [5.74, 6) is 0.971. The van der Waals surface area contributed by atoms with Gasteiger partial charge in [-0.2, -0.15) is 13.4 Å². The molecule has 0 atom stereocenters. The van der Waals surface area contributed by atoms with Crippen molar-refractivity contribution in [1.29, 1.82) is 0 Å². The van der Waals surface area contributed by atoms with Crippen LogP contribution >= 0.6 is 0 Å². The van der Waals surface area contributed by atoms with Crippen LogP contribution in [-0.2, 0) is 10.1 Å². The molecule has 0 fully saturated rings. The number of rotatable bonds is 7. The molecule has 0 saturated heterocycles. The van der Waals surface area contributed by atoms with Crippen molar-refractivity contribution in [3.8, 4) is 11.3 Å². The normalized spacial score (nSPS) is 11.3. The Bertz CT molecular complexity index is 1040. The van der Waals surface area contributed by atoms with E-state index < -0.39 is 10.1 Å². The summed E-state index contributed by atoms with van der Waals surface area (Å²) in [4.78, 5) is 12.9. The number of aromatic nitrogens is 3. The van der Waals surface area contributed by atoms with E-state index in [1.807, 2.05) is 26.0 Å². The highest BCUT2D eigenvalue weighted by atomic mass is 32.2. The van der Waals surface area contributed by atoms with Crippen LogP contribution in [0.25, 0.3) is 11.3 Å². The molecule has 0 amide bonds. The Hall–Kier alpha value is -3.24. The topological polar surface area (TPSA) is 129 Å². The summed E-state index contributed by atoms with van der Waals surface area (Å²) in [6.45, 7) is 3.98. The smallest absolute Gasteiger partial charge is 0.294 e. The van der Waals surface area contributed by atoms with Gasteiger partial charge >= 0.3 is 0 Å². The Balaban J connectivity index is 1.82. The molecular formula is C18H20N6O3S. The molecule has 1 aromatic carbocycles. The van der Waals surface area contributed by atoms with E-state index in [0.717, 1.165) is 5.56 Å². The van der Waals surface area contributed by atoms with E-state index in [1.165, 1.54) is 24.3 Å². The van der Waals surface area contributed by atoms with Crippen LogP contribution in [0, 0.1) is 0 Å². The van der Waals surface area contributed by atoms with Crippen LogP contribution in [-0.4, -0.2) is 34.0 Å². The second-order valence-electron chi connectivity index (χ2n) is 6.25. The number of nitrogens with one attached hydrogen (secondary N) is 3. The predicted molar refractivity (Wildman–Crippen MR) is 108 cm³/mol. The van der Waals surface area contributed by atoms with Gasteiger partial charge in [0.25, 0.3) is 10.1 Å². The quantitative estimate of drug-likeness (QED) is 0.349. The second kappa shape index (κ2) is 8.19. The third kappa shape index (κ3) is 5.15. The molecule has 0 saturated carbocycles. The van der Waals surface area contributed by atoms with E-state index in [1.54, 1.807) is 18.5 Å². The maximum atomic E-state index is 11.1. The van der Waals surface area contributed by atoms with Gasteiger partial charge in [-0.25, -0.2) is 4.98 Å². The summed E-state index contributed by atoms with van der Waals surface area (Å²) in [6.07, 6.45) is 3.40. The number of benzene rings is 1. The molecule has 2 heterocycles. The average Bonchev–Trinajstić information content (AvgIpc) is 2.66. The van der Waals surface area contributed by atoms with E-state index in [4.69, 9.17) is 4.55 Å². The van der Waals surface area contributed by atoms with E-state index in [2.05, 4.69) is 31.1 Å². The predicted octanol–water partition coefficient (Wildman–Crippen LogP) is 3.04. The first-order valence-corrected chi connectivity index (χ1v) is 9.91. The standard InChI is InChI=1S/C18H20N6O3S/c1-12(2)20-18-21-16(13-4-3-9-19-11-13)10-17(22-18)24-23-14-5-7-15(8-6-14)28(25,26)27/h3-12,23H,1-2H3,(H,25,26,27)(H2,20,21,22,24). The molecule has 3 aromatic rings. The largest absolute Gasteiger partial charge is 0.352 e. The van der Waals surface area contributed by atoms with Crippen LogP contribution in [0.4, 0.5) is 17.5 Å². The SMILES string of the molecule is CC(C)Nc1nc(NNc2ccc(S(=O)(=O)O)cc2)cc(-c2cccnc2)n1. The number of hydrazine groups is 1. The van der Waals surface area contributed by atoms with E-state index in [-0.39, 0.29) is 10.9 Å². The fraction of sp³-hybridized carbons (Fsp3) is 0.167. The number of hydrogen-bond acceptors (Lipinski definition) is 8. The van der Waals surface area contributed by atoms with E-state index in [0.29, 0.717) is 23.1 Å². The lowest BCUT2D eigenvalue weighted by atomic mass is 10.2. The van der Waals surface area contributed by atoms with Gasteiger partial charge in [0.1, 0.15) is 0 Å². The van der Waals surface area contributed by atoms with Crippen LogP contribution < -0.4 is 16.2 Å². The third-order valence-corrected chi connectivity index (χ3v) is 4.46. The molecule has 0 aliphatic rings. The molecule has 9 nitrogen and oxygen atoms in total.